The molecule has 0 aliphatic heterocycles. The molecule has 0 spiro atoms. The average molecular weight is 374 g/mol. The van der Waals surface area contributed by atoms with Gasteiger partial charge in [0.25, 0.3) is 0 Å². The fraction of sp³-hybridized carbons (Fsp3) is 0.222. The molecule has 0 saturated heterocycles. The Bertz CT molecular complexity index is 923. The molecule has 3 rings (SSSR count). The fourth-order valence-electron chi connectivity index (χ4n) is 2.44. The fourth-order valence-corrected chi connectivity index (χ4v) is 4.66. The third-order valence-corrected chi connectivity index (χ3v) is 6.32. The van der Waals surface area contributed by atoms with Gasteiger partial charge in [-0.05, 0) is 31.0 Å². The summed E-state index contributed by atoms with van der Waals surface area (Å²) in [6.45, 7) is 2.32. The maximum Gasteiger partial charge on any atom is 0.215 e. The Morgan fingerprint density at radius 1 is 1.08 bits per heavy atom. The molecule has 3 aromatic rings. The number of sulfonamides is 1. The van der Waals surface area contributed by atoms with Crippen LogP contribution >= 0.6 is 11.3 Å². The Kier molecular flexibility index (Phi) is 5.57. The van der Waals surface area contributed by atoms with E-state index in [4.69, 9.17) is 0 Å². The zero-order valence-electron chi connectivity index (χ0n) is 13.8. The molecule has 0 aliphatic carbocycles. The quantitative estimate of drug-likeness (QED) is 0.690. The second-order valence-electron chi connectivity index (χ2n) is 5.65. The monoisotopic (exact) mass is 373 g/mol. The summed E-state index contributed by atoms with van der Waals surface area (Å²) in [5, 5.41) is 0.932. The van der Waals surface area contributed by atoms with Gasteiger partial charge in [-0.3, -0.25) is 4.98 Å². The van der Waals surface area contributed by atoms with Crippen molar-refractivity contribution in [3.8, 4) is 10.6 Å². The van der Waals surface area contributed by atoms with Crippen LogP contribution in [0.2, 0.25) is 0 Å². The molecule has 2 heterocycles. The van der Waals surface area contributed by atoms with Gasteiger partial charge in [-0.2, -0.15) is 0 Å². The molecular formula is C18H19N3O2S2. The molecule has 5 nitrogen and oxygen atoms in total. The molecule has 0 fully saturated rings. The third-order valence-electron chi connectivity index (χ3n) is 3.69. The Morgan fingerprint density at radius 3 is 2.52 bits per heavy atom. The second kappa shape index (κ2) is 7.86. The number of rotatable bonds is 7. The summed E-state index contributed by atoms with van der Waals surface area (Å²) in [6.07, 6.45) is 4.11. The van der Waals surface area contributed by atoms with Gasteiger partial charge in [0.15, 0.2) is 0 Å². The molecule has 130 valence electrons. The average Bonchev–Trinajstić information content (AvgIpc) is 2.97. The number of benzene rings is 1. The lowest BCUT2D eigenvalue weighted by Crippen LogP contribution is -2.27. The molecule has 0 aliphatic rings. The molecule has 0 atom stereocenters. The zero-order valence-corrected chi connectivity index (χ0v) is 15.5. The molecule has 25 heavy (non-hydrogen) atoms. The van der Waals surface area contributed by atoms with E-state index >= 15 is 0 Å². The van der Waals surface area contributed by atoms with Crippen LogP contribution < -0.4 is 4.72 Å². The van der Waals surface area contributed by atoms with E-state index in [2.05, 4.69) is 14.7 Å². The second-order valence-corrected chi connectivity index (χ2v) is 8.54. The summed E-state index contributed by atoms with van der Waals surface area (Å²) in [5.41, 5.74) is 2.75. The van der Waals surface area contributed by atoms with Crippen molar-refractivity contribution in [2.45, 2.75) is 19.1 Å². The molecular weight excluding hydrogens is 354 g/mol. The molecule has 0 saturated carbocycles. The van der Waals surface area contributed by atoms with Gasteiger partial charge in [-0.15, -0.1) is 11.3 Å². The lowest BCUT2D eigenvalue weighted by molar-refractivity contribution is 0.581. The number of hydrogen-bond acceptors (Lipinski definition) is 5. The lowest BCUT2D eigenvalue weighted by atomic mass is 10.2. The van der Waals surface area contributed by atoms with Crippen molar-refractivity contribution in [1.82, 2.24) is 14.7 Å². The summed E-state index contributed by atoms with van der Waals surface area (Å²) in [5.74, 6) is -0.00220. The molecule has 0 radical (unpaired) electrons. The van der Waals surface area contributed by atoms with Crippen LogP contribution in [0.3, 0.4) is 0 Å². The minimum absolute atomic E-state index is 0.00220. The number of thiazole rings is 1. The van der Waals surface area contributed by atoms with Gasteiger partial charge in [-0.1, -0.05) is 30.3 Å². The smallest absolute Gasteiger partial charge is 0.215 e. The number of aryl methyl sites for hydroxylation is 1. The molecule has 1 aromatic carbocycles. The van der Waals surface area contributed by atoms with Gasteiger partial charge in [0.2, 0.25) is 10.0 Å². The highest BCUT2D eigenvalue weighted by atomic mass is 32.2. The first kappa shape index (κ1) is 17.7. The van der Waals surface area contributed by atoms with Crippen LogP contribution in [0, 0.1) is 6.92 Å². The summed E-state index contributed by atoms with van der Waals surface area (Å²) < 4.78 is 27.0. The normalized spacial score (nSPS) is 11.6. The van der Waals surface area contributed by atoms with Crippen LogP contribution in [-0.4, -0.2) is 24.9 Å². The summed E-state index contributed by atoms with van der Waals surface area (Å²) in [6, 6.07) is 13.0. The topological polar surface area (TPSA) is 72.0 Å². The molecule has 0 amide bonds. The largest absolute Gasteiger partial charge is 0.265 e. The predicted octanol–water partition coefficient (Wildman–Crippen LogP) is 3.18. The van der Waals surface area contributed by atoms with Crippen molar-refractivity contribution in [3.63, 3.8) is 0 Å². The highest BCUT2D eigenvalue weighted by Crippen LogP contribution is 2.27. The van der Waals surface area contributed by atoms with Crippen LogP contribution in [0.15, 0.2) is 54.9 Å². The summed E-state index contributed by atoms with van der Waals surface area (Å²) in [4.78, 5) is 9.68. The van der Waals surface area contributed by atoms with E-state index in [-0.39, 0.29) is 5.75 Å². The predicted molar refractivity (Wildman–Crippen MR) is 101 cm³/mol. The van der Waals surface area contributed by atoms with Gasteiger partial charge in [0, 0.05) is 29.4 Å². The Morgan fingerprint density at radius 2 is 1.80 bits per heavy atom. The first-order chi connectivity index (χ1) is 12.0. The van der Waals surface area contributed by atoms with Crippen molar-refractivity contribution >= 4 is 21.4 Å². The van der Waals surface area contributed by atoms with Gasteiger partial charge in [0.1, 0.15) is 5.01 Å². The first-order valence-corrected chi connectivity index (χ1v) is 10.4. The third kappa shape index (κ3) is 4.94. The van der Waals surface area contributed by atoms with E-state index in [1.165, 1.54) is 0 Å². The minimum Gasteiger partial charge on any atom is -0.265 e. The van der Waals surface area contributed by atoms with Crippen molar-refractivity contribution in [2.75, 3.05) is 6.54 Å². The minimum atomic E-state index is -3.34. The first-order valence-electron chi connectivity index (χ1n) is 7.91. The SMILES string of the molecule is Cc1nc(-c2ccncc2)sc1CCNS(=O)(=O)Cc1ccccc1. The molecule has 7 heteroatoms. The maximum atomic E-state index is 12.2. The van der Waals surface area contributed by atoms with E-state index < -0.39 is 10.0 Å². The Hall–Kier alpha value is -2.09. The van der Waals surface area contributed by atoms with E-state index in [0.717, 1.165) is 26.7 Å². The number of aromatic nitrogens is 2. The summed E-state index contributed by atoms with van der Waals surface area (Å²) >= 11 is 1.59. The van der Waals surface area contributed by atoms with Gasteiger partial charge in [-0.25, -0.2) is 18.1 Å². The van der Waals surface area contributed by atoms with Gasteiger partial charge in [0.05, 0.1) is 11.4 Å². The van der Waals surface area contributed by atoms with Crippen LogP contribution in [0.4, 0.5) is 0 Å². The Labute approximate surface area is 151 Å². The number of hydrogen-bond donors (Lipinski definition) is 1. The Balaban J connectivity index is 1.60. The van der Waals surface area contributed by atoms with Crippen molar-refractivity contribution in [1.29, 1.82) is 0 Å². The zero-order chi connectivity index (χ0) is 17.7. The molecule has 2 aromatic heterocycles. The standard InChI is InChI=1S/C18H19N3O2S2/c1-14-17(24-18(21-14)16-7-10-19-11-8-16)9-12-20-25(22,23)13-15-5-3-2-4-6-15/h2-8,10-11,20H,9,12-13H2,1H3. The number of pyridine rings is 1. The summed E-state index contributed by atoms with van der Waals surface area (Å²) in [7, 11) is -3.34. The highest BCUT2D eigenvalue weighted by Gasteiger charge is 2.13. The maximum absolute atomic E-state index is 12.2. The molecule has 1 N–H and O–H groups in total. The van der Waals surface area contributed by atoms with E-state index in [0.29, 0.717) is 13.0 Å². The van der Waals surface area contributed by atoms with Crippen LogP contribution in [-0.2, 0) is 22.2 Å². The molecule has 0 unspecified atom stereocenters. The number of nitrogens with one attached hydrogen (secondary N) is 1. The van der Waals surface area contributed by atoms with Crippen LogP contribution in [0.5, 0.6) is 0 Å². The van der Waals surface area contributed by atoms with Crippen molar-refractivity contribution in [2.24, 2.45) is 0 Å². The molecule has 0 bridgehead atoms. The van der Waals surface area contributed by atoms with E-state index in [9.17, 15) is 8.42 Å². The van der Waals surface area contributed by atoms with E-state index in [1.54, 1.807) is 23.7 Å². The van der Waals surface area contributed by atoms with Gasteiger partial charge >= 0.3 is 0 Å². The van der Waals surface area contributed by atoms with Crippen LogP contribution in [0.25, 0.3) is 10.6 Å². The lowest BCUT2D eigenvalue weighted by Gasteiger charge is -2.06. The van der Waals surface area contributed by atoms with Crippen molar-refractivity contribution < 1.29 is 8.42 Å². The number of nitrogens with zero attached hydrogens (tertiary/aromatic N) is 2. The van der Waals surface area contributed by atoms with Gasteiger partial charge < -0.3 is 0 Å². The highest BCUT2D eigenvalue weighted by molar-refractivity contribution is 7.88. The van der Waals surface area contributed by atoms with Crippen molar-refractivity contribution in [3.05, 3.63) is 71.0 Å². The van der Waals surface area contributed by atoms with Crippen LogP contribution in [0.1, 0.15) is 16.1 Å². The van der Waals surface area contributed by atoms with E-state index in [1.807, 2.05) is 49.4 Å².